The normalized spacial score (nSPS) is 10.9. The van der Waals surface area contributed by atoms with Crippen LogP contribution in [0.5, 0.6) is 0 Å². The Morgan fingerprint density at radius 1 is 1.16 bits per heavy atom. The van der Waals surface area contributed by atoms with E-state index in [9.17, 15) is 4.79 Å². The molecular weight excluding hydrogens is 370 g/mol. The van der Waals surface area contributed by atoms with Gasteiger partial charge >= 0.3 is 0 Å². The van der Waals surface area contributed by atoms with Crippen molar-refractivity contribution >= 4 is 51.2 Å². The van der Waals surface area contributed by atoms with Crippen molar-refractivity contribution in [3.05, 3.63) is 51.5 Å². The standard InChI is InChI=1S/C18H19N3OS3/c1-11-6-5-7-16(13(11)3)21(14(4)22)17-20-15(9-23-17)10-25-18-19-12(2)8-24-18/h5-9H,10H2,1-4H3. The smallest absolute Gasteiger partial charge is 0.230 e. The second-order valence-electron chi connectivity index (χ2n) is 5.74. The molecule has 0 aliphatic carbocycles. The van der Waals surface area contributed by atoms with Crippen LogP contribution in [-0.4, -0.2) is 15.9 Å². The van der Waals surface area contributed by atoms with Gasteiger partial charge in [0.15, 0.2) is 5.13 Å². The first kappa shape index (κ1) is 18.1. The van der Waals surface area contributed by atoms with Crippen LogP contribution >= 0.6 is 34.4 Å². The van der Waals surface area contributed by atoms with Gasteiger partial charge in [0.2, 0.25) is 5.91 Å². The lowest BCUT2D eigenvalue weighted by atomic mass is 10.1. The first-order valence-electron chi connectivity index (χ1n) is 7.82. The van der Waals surface area contributed by atoms with Crippen molar-refractivity contribution in [2.45, 2.75) is 37.8 Å². The number of benzene rings is 1. The van der Waals surface area contributed by atoms with E-state index in [4.69, 9.17) is 0 Å². The van der Waals surface area contributed by atoms with Crippen LogP contribution in [0, 0.1) is 20.8 Å². The van der Waals surface area contributed by atoms with Crippen LogP contribution in [0.2, 0.25) is 0 Å². The zero-order valence-electron chi connectivity index (χ0n) is 14.6. The molecular formula is C18H19N3OS3. The van der Waals surface area contributed by atoms with Crippen molar-refractivity contribution in [1.29, 1.82) is 0 Å². The number of hydrogen-bond donors (Lipinski definition) is 0. The molecule has 0 unspecified atom stereocenters. The van der Waals surface area contributed by atoms with Gasteiger partial charge in [0.1, 0.15) is 4.34 Å². The summed E-state index contributed by atoms with van der Waals surface area (Å²) < 4.78 is 1.05. The van der Waals surface area contributed by atoms with Gasteiger partial charge in [0.05, 0.1) is 11.4 Å². The van der Waals surface area contributed by atoms with Crippen LogP contribution < -0.4 is 4.90 Å². The lowest BCUT2D eigenvalue weighted by Gasteiger charge is -2.21. The second kappa shape index (κ2) is 7.68. The van der Waals surface area contributed by atoms with E-state index in [2.05, 4.69) is 23.0 Å². The summed E-state index contributed by atoms with van der Waals surface area (Å²) in [6.45, 7) is 7.67. The highest BCUT2D eigenvalue weighted by Crippen LogP contribution is 2.34. The Morgan fingerprint density at radius 3 is 2.64 bits per heavy atom. The van der Waals surface area contributed by atoms with Gasteiger partial charge in [0.25, 0.3) is 0 Å². The van der Waals surface area contributed by atoms with Crippen molar-refractivity contribution in [3.8, 4) is 0 Å². The molecule has 130 valence electrons. The van der Waals surface area contributed by atoms with Crippen LogP contribution in [-0.2, 0) is 10.5 Å². The molecule has 0 saturated carbocycles. The highest BCUT2D eigenvalue weighted by atomic mass is 32.2. The Bertz CT molecular complexity index is 901. The number of rotatable bonds is 5. The first-order valence-corrected chi connectivity index (χ1v) is 10.6. The lowest BCUT2D eigenvalue weighted by molar-refractivity contribution is -0.115. The summed E-state index contributed by atoms with van der Waals surface area (Å²) in [6, 6.07) is 6.00. The highest BCUT2D eigenvalue weighted by Gasteiger charge is 2.20. The predicted octanol–water partition coefficient (Wildman–Crippen LogP) is 5.50. The summed E-state index contributed by atoms with van der Waals surface area (Å²) in [7, 11) is 0. The molecule has 0 radical (unpaired) electrons. The molecule has 0 saturated heterocycles. The zero-order valence-corrected chi connectivity index (χ0v) is 17.0. The number of carbonyl (C=O) groups is 1. The van der Waals surface area contributed by atoms with Gasteiger partial charge in [0, 0.05) is 29.1 Å². The Morgan fingerprint density at radius 2 is 1.96 bits per heavy atom. The van der Waals surface area contributed by atoms with E-state index in [-0.39, 0.29) is 5.91 Å². The number of aromatic nitrogens is 2. The highest BCUT2D eigenvalue weighted by molar-refractivity contribution is 8.00. The monoisotopic (exact) mass is 389 g/mol. The van der Waals surface area contributed by atoms with E-state index in [1.807, 2.05) is 36.7 Å². The largest absolute Gasteiger partial charge is 0.274 e. The molecule has 1 aromatic carbocycles. The van der Waals surface area contributed by atoms with Crippen LogP contribution in [0.3, 0.4) is 0 Å². The number of amides is 1. The molecule has 0 fully saturated rings. The third-order valence-corrected chi connectivity index (χ3v) is 6.85. The van der Waals surface area contributed by atoms with E-state index >= 15 is 0 Å². The molecule has 0 aliphatic rings. The maximum atomic E-state index is 12.3. The molecule has 7 heteroatoms. The molecule has 2 aromatic heterocycles. The minimum absolute atomic E-state index is 0.0298. The summed E-state index contributed by atoms with van der Waals surface area (Å²) in [4.78, 5) is 23.1. The topological polar surface area (TPSA) is 46.1 Å². The van der Waals surface area contributed by atoms with Crippen molar-refractivity contribution < 1.29 is 4.79 Å². The van der Waals surface area contributed by atoms with Crippen molar-refractivity contribution in [2.75, 3.05) is 4.90 Å². The van der Waals surface area contributed by atoms with E-state index in [1.165, 1.54) is 11.3 Å². The number of hydrogen-bond acceptors (Lipinski definition) is 6. The molecule has 3 rings (SSSR count). The summed E-state index contributed by atoms with van der Waals surface area (Å²) in [5.41, 5.74) is 5.17. The van der Waals surface area contributed by atoms with Gasteiger partial charge in [-0.25, -0.2) is 9.97 Å². The van der Waals surface area contributed by atoms with Crippen LogP contribution in [0.15, 0.2) is 33.3 Å². The molecule has 0 atom stereocenters. The number of thioether (sulfide) groups is 1. The Hall–Kier alpha value is -1.70. The summed E-state index contributed by atoms with van der Waals surface area (Å²) >= 11 is 4.83. The number of carbonyl (C=O) groups excluding carboxylic acids is 1. The maximum absolute atomic E-state index is 12.3. The minimum Gasteiger partial charge on any atom is -0.274 e. The first-order chi connectivity index (χ1) is 12.0. The predicted molar refractivity (Wildman–Crippen MR) is 107 cm³/mol. The third kappa shape index (κ3) is 4.11. The Kier molecular flexibility index (Phi) is 5.56. The SMILES string of the molecule is CC(=O)N(c1nc(CSc2nc(C)cs2)cs1)c1cccc(C)c1C. The maximum Gasteiger partial charge on any atom is 0.230 e. The van der Waals surface area contributed by atoms with Crippen molar-refractivity contribution in [3.63, 3.8) is 0 Å². The van der Waals surface area contributed by atoms with Gasteiger partial charge in [-0.2, -0.15) is 0 Å². The Labute approximate surface area is 159 Å². The van der Waals surface area contributed by atoms with Gasteiger partial charge in [-0.15, -0.1) is 22.7 Å². The molecule has 0 spiro atoms. The fraction of sp³-hybridized carbons (Fsp3) is 0.278. The van der Waals surface area contributed by atoms with Crippen molar-refractivity contribution in [1.82, 2.24) is 9.97 Å². The van der Waals surface area contributed by atoms with Crippen LogP contribution in [0.1, 0.15) is 29.4 Å². The fourth-order valence-corrected chi connectivity index (χ4v) is 5.11. The number of aryl methyl sites for hydroxylation is 2. The molecule has 0 N–H and O–H groups in total. The third-order valence-electron chi connectivity index (χ3n) is 3.80. The average molecular weight is 390 g/mol. The molecule has 2 heterocycles. The molecule has 25 heavy (non-hydrogen) atoms. The van der Waals surface area contributed by atoms with E-state index in [0.29, 0.717) is 5.13 Å². The van der Waals surface area contributed by atoms with Crippen molar-refractivity contribution in [2.24, 2.45) is 0 Å². The van der Waals surface area contributed by atoms with Crippen LogP contribution in [0.25, 0.3) is 0 Å². The fourth-order valence-electron chi connectivity index (χ4n) is 2.38. The van der Waals surface area contributed by atoms with Gasteiger partial charge in [-0.1, -0.05) is 23.9 Å². The zero-order chi connectivity index (χ0) is 18.0. The molecule has 0 aliphatic heterocycles. The van der Waals surface area contributed by atoms with E-state index in [1.54, 1.807) is 34.9 Å². The number of thiazole rings is 2. The Balaban J connectivity index is 1.82. The lowest BCUT2D eigenvalue weighted by Crippen LogP contribution is -2.23. The second-order valence-corrected chi connectivity index (χ2v) is 8.66. The summed E-state index contributed by atoms with van der Waals surface area (Å²) in [6.07, 6.45) is 0. The van der Waals surface area contributed by atoms with Gasteiger partial charge in [-0.05, 0) is 38.0 Å². The van der Waals surface area contributed by atoms with E-state index < -0.39 is 0 Å². The van der Waals surface area contributed by atoms with Gasteiger partial charge in [-0.3, -0.25) is 9.69 Å². The molecule has 1 amide bonds. The van der Waals surface area contributed by atoms with E-state index in [0.717, 1.165) is 38.3 Å². The molecule has 3 aromatic rings. The molecule has 0 bridgehead atoms. The molecule has 4 nitrogen and oxygen atoms in total. The quantitative estimate of drug-likeness (QED) is 0.540. The minimum atomic E-state index is -0.0298. The average Bonchev–Trinajstić information content (AvgIpc) is 3.18. The van der Waals surface area contributed by atoms with Gasteiger partial charge < -0.3 is 0 Å². The number of nitrogens with zero attached hydrogens (tertiary/aromatic N) is 3. The van der Waals surface area contributed by atoms with Crippen LogP contribution in [0.4, 0.5) is 10.8 Å². The summed E-state index contributed by atoms with van der Waals surface area (Å²) in [5.74, 6) is 0.722. The summed E-state index contributed by atoms with van der Waals surface area (Å²) in [5, 5.41) is 4.78. The number of anilines is 2.